The Balaban J connectivity index is 1.44. The molecule has 1 N–H and O–H groups in total. The second kappa shape index (κ2) is 7.15. The number of nitrogens with zero attached hydrogens (tertiary/aromatic N) is 3. The van der Waals surface area contributed by atoms with Crippen molar-refractivity contribution in [3.8, 4) is 0 Å². The molecule has 2 aromatic rings. The second-order valence-corrected chi connectivity index (χ2v) is 10.4. The van der Waals surface area contributed by atoms with E-state index in [1.54, 1.807) is 11.1 Å². The van der Waals surface area contributed by atoms with Crippen LogP contribution in [-0.2, 0) is 15.1 Å². The van der Waals surface area contributed by atoms with Crippen LogP contribution in [0.4, 0.5) is 4.79 Å². The van der Waals surface area contributed by atoms with E-state index in [4.69, 9.17) is 16.3 Å². The smallest absolute Gasteiger partial charge is 0.410 e. The predicted octanol–water partition coefficient (Wildman–Crippen LogP) is 3.84. The van der Waals surface area contributed by atoms with Crippen molar-refractivity contribution < 1.29 is 14.3 Å². The maximum absolute atomic E-state index is 13.1. The molecule has 2 bridgehead atoms. The van der Waals surface area contributed by atoms with Crippen LogP contribution in [0.3, 0.4) is 0 Å². The summed E-state index contributed by atoms with van der Waals surface area (Å²) >= 11 is 6.26. The van der Waals surface area contributed by atoms with E-state index in [0.29, 0.717) is 18.1 Å². The van der Waals surface area contributed by atoms with E-state index in [2.05, 4.69) is 10.3 Å². The summed E-state index contributed by atoms with van der Waals surface area (Å²) in [6.45, 7) is 10.6. The third-order valence-electron chi connectivity index (χ3n) is 6.00. The number of pyridine rings is 1. The number of amides is 2. The monoisotopic (exact) mass is 432 g/mol. The molecule has 3 aliphatic rings. The predicted molar refractivity (Wildman–Crippen MR) is 114 cm³/mol. The molecule has 1 saturated carbocycles. The van der Waals surface area contributed by atoms with Crippen molar-refractivity contribution in [2.45, 2.75) is 52.2 Å². The number of halogens is 1. The maximum atomic E-state index is 13.1. The summed E-state index contributed by atoms with van der Waals surface area (Å²) in [7, 11) is 0. The van der Waals surface area contributed by atoms with E-state index < -0.39 is 11.1 Å². The van der Waals surface area contributed by atoms with Gasteiger partial charge < -0.3 is 19.4 Å². The first-order valence-electron chi connectivity index (χ1n) is 10.4. The van der Waals surface area contributed by atoms with Crippen molar-refractivity contribution >= 4 is 29.1 Å². The zero-order chi connectivity index (χ0) is 21.8. The fraction of sp³-hybridized carbons (Fsp3) is 0.591. The van der Waals surface area contributed by atoms with Crippen LogP contribution in [-0.4, -0.2) is 45.0 Å². The van der Waals surface area contributed by atoms with Gasteiger partial charge in [-0.25, -0.2) is 9.78 Å². The van der Waals surface area contributed by atoms with Crippen LogP contribution in [0.2, 0.25) is 5.02 Å². The van der Waals surface area contributed by atoms with Gasteiger partial charge in [0, 0.05) is 25.2 Å². The minimum absolute atomic E-state index is 0.0175. The Morgan fingerprint density at radius 1 is 1.20 bits per heavy atom. The molecule has 2 unspecified atom stereocenters. The van der Waals surface area contributed by atoms with E-state index in [-0.39, 0.29) is 29.8 Å². The number of aromatic nitrogens is 2. The summed E-state index contributed by atoms with van der Waals surface area (Å²) in [5.74, 6) is 0.993. The molecule has 2 aromatic heterocycles. The van der Waals surface area contributed by atoms with E-state index in [0.717, 1.165) is 17.8 Å². The van der Waals surface area contributed by atoms with Gasteiger partial charge in [-0.2, -0.15) is 0 Å². The van der Waals surface area contributed by atoms with Crippen LogP contribution in [0.1, 0.15) is 46.9 Å². The van der Waals surface area contributed by atoms with Crippen LogP contribution in [0, 0.1) is 17.8 Å². The van der Waals surface area contributed by atoms with Gasteiger partial charge in [0.1, 0.15) is 11.4 Å². The van der Waals surface area contributed by atoms with E-state index in [1.165, 1.54) is 0 Å². The zero-order valence-electron chi connectivity index (χ0n) is 18.1. The van der Waals surface area contributed by atoms with E-state index >= 15 is 0 Å². The Labute approximate surface area is 181 Å². The van der Waals surface area contributed by atoms with Crippen molar-refractivity contribution in [2.75, 3.05) is 13.1 Å². The summed E-state index contributed by atoms with van der Waals surface area (Å²) in [6, 6.07) is 3.68. The number of carbonyl (C=O) groups is 2. The molecular weight excluding hydrogens is 404 g/mol. The average molecular weight is 433 g/mol. The van der Waals surface area contributed by atoms with E-state index in [9.17, 15) is 9.59 Å². The lowest BCUT2D eigenvalue weighted by Crippen LogP contribution is -2.62. The molecule has 0 radical (unpaired) electrons. The summed E-state index contributed by atoms with van der Waals surface area (Å²) < 4.78 is 7.40. The molecule has 0 spiro atoms. The zero-order valence-corrected chi connectivity index (χ0v) is 18.9. The number of hydrogen-bond acceptors (Lipinski definition) is 4. The first-order valence-corrected chi connectivity index (χ1v) is 10.8. The fourth-order valence-electron chi connectivity index (χ4n) is 4.69. The van der Waals surface area contributed by atoms with Crippen molar-refractivity contribution in [2.24, 2.45) is 17.8 Å². The third-order valence-corrected chi connectivity index (χ3v) is 6.32. The molecule has 8 heteroatoms. The Morgan fingerprint density at radius 2 is 1.87 bits per heavy atom. The molecule has 1 aliphatic carbocycles. The molecule has 3 fully saturated rings. The molecular formula is C22H29ClN4O3. The van der Waals surface area contributed by atoms with Crippen LogP contribution in [0.5, 0.6) is 0 Å². The van der Waals surface area contributed by atoms with Gasteiger partial charge >= 0.3 is 6.09 Å². The molecule has 7 nitrogen and oxygen atoms in total. The molecule has 162 valence electrons. The number of imidazole rings is 1. The quantitative estimate of drug-likeness (QED) is 0.799. The van der Waals surface area contributed by atoms with Crippen molar-refractivity contribution in [3.05, 3.63) is 35.4 Å². The normalized spacial score (nSPS) is 23.8. The van der Waals surface area contributed by atoms with Crippen molar-refractivity contribution in [3.63, 3.8) is 0 Å². The molecule has 4 heterocycles. The summed E-state index contributed by atoms with van der Waals surface area (Å²) in [4.78, 5) is 31.8. The highest BCUT2D eigenvalue weighted by molar-refractivity contribution is 6.33. The molecule has 2 saturated heterocycles. The summed E-state index contributed by atoms with van der Waals surface area (Å²) in [5.41, 5.74) is -0.372. The Bertz CT molecular complexity index is 982. The first kappa shape index (κ1) is 21.0. The largest absolute Gasteiger partial charge is 0.444 e. The minimum Gasteiger partial charge on any atom is -0.444 e. The SMILES string of the molecule is CC(C)(C)OC(=O)N1CC2CC(C1)C2C(=O)NC(C)(C)c1ncc2c(Cl)cccn12. The van der Waals surface area contributed by atoms with Crippen LogP contribution in [0.25, 0.3) is 5.52 Å². The first-order chi connectivity index (χ1) is 14.0. The standard InChI is InChI=1S/C22H29ClN4O3/c1-21(2,3)30-20(29)26-11-13-9-14(12-26)17(13)18(28)25-22(4,5)19-24-10-16-15(23)7-6-8-27(16)19/h6-8,10,13-14,17H,9,11-12H2,1-5H3,(H,25,28). The highest BCUT2D eigenvalue weighted by Gasteiger charge is 2.52. The van der Waals surface area contributed by atoms with E-state index in [1.807, 2.05) is 57.3 Å². The Morgan fingerprint density at radius 3 is 2.50 bits per heavy atom. The summed E-state index contributed by atoms with van der Waals surface area (Å²) in [5, 5.41) is 3.80. The highest BCUT2D eigenvalue weighted by Crippen LogP contribution is 2.46. The van der Waals surface area contributed by atoms with Gasteiger partial charge in [0.15, 0.2) is 0 Å². The Hall–Kier alpha value is -2.28. The second-order valence-electron chi connectivity index (χ2n) is 9.97. The van der Waals surface area contributed by atoms with Gasteiger partial charge in [-0.3, -0.25) is 4.79 Å². The topological polar surface area (TPSA) is 75.9 Å². The van der Waals surface area contributed by atoms with Crippen molar-refractivity contribution in [1.82, 2.24) is 19.6 Å². The number of ether oxygens (including phenoxy) is 1. The molecule has 2 aliphatic heterocycles. The minimum atomic E-state index is -0.664. The van der Waals surface area contributed by atoms with Gasteiger partial charge in [-0.05, 0) is 65.0 Å². The van der Waals surface area contributed by atoms with Gasteiger partial charge in [-0.15, -0.1) is 0 Å². The fourth-order valence-corrected chi connectivity index (χ4v) is 4.90. The Kier molecular flexibility index (Phi) is 5.00. The lowest BCUT2D eigenvalue weighted by molar-refractivity contribution is -0.143. The van der Waals surface area contributed by atoms with Crippen molar-refractivity contribution in [1.29, 1.82) is 0 Å². The average Bonchev–Trinajstić information content (AvgIpc) is 3.06. The lowest BCUT2D eigenvalue weighted by atomic mass is 9.61. The molecule has 2 atom stereocenters. The number of piperidine rings is 2. The van der Waals surface area contributed by atoms with Crippen LogP contribution in [0.15, 0.2) is 24.5 Å². The highest BCUT2D eigenvalue weighted by atomic mass is 35.5. The van der Waals surface area contributed by atoms with Gasteiger partial charge in [0.05, 0.1) is 22.3 Å². The van der Waals surface area contributed by atoms with Gasteiger partial charge in [-0.1, -0.05) is 11.6 Å². The molecule has 5 rings (SSSR count). The molecule has 30 heavy (non-hydrogen) atoms. The maximum Gasteiger partial charge on any atom is 0.410 e. The number of carbonyl (C=O) groups excluding carboxylic acids is 2. The number of fused-ring (bicyclic) bond motifs is 3. The number of rotatable bonds is 3. The third kappa shape index (κ3) is 3.75. The van der Waals surface area contributed by atoms with Crippen LogP contribution < -0.4 is 5.32 Å². The summed E-state index contributed by atoms with van der Waals surface area (Å²) in [6.07, 6.45) is 4.30. The lowest BCUT2D eigenvalue weighted by Gasteiger charge is -2.52. The molecule has 0 aromatic carbocycles. The number of hydrogen-bond donors (Lipinski definition) is 1. The molecule has 2 amide bonds. The number of nitrogens with one attached hydrogen (secondary N) is 1. The van der Waals surface area contributed by atoms with Gasteiger partial charge in [0.2, 0.25) is 5.91 Å². The van der Waals surface area contributed by atoms with Crippen LogP contribution >= 0.6 is 11.6 Å². The van der Waals surface area contributed by atoms with Gasteiger partial charge in [0.25, 0.3) is 0 Å².